The smallest absolute Gasteiger partial charge is 0.303 e. The van der Waals surface area contributed by atoms with Crippen LogP contribution in [0.2, 0.25) is 5.04 Å². The van der Waals surface area contributed by atoms with E-state index in [1.165, 1.54) is 14.0 Å². The molecule has 8 nitrogen and oxygen atoms in total. The Labute approximate surface area is 221 Å². The minimum Gasteiger partial charge on any atom is -0.457 e. The molecule has 0 saturated carbocycles. The Bertz CT molecular complexity index is 1110. The second kappa shape index (κ2) is 11.3. The van der Waals surface area contributed by atoms with Crippen molar-refractivity contribution >= 4 is 34.8 Å². The molecule has 37 heavy (non-hydrogen) atoms. The molecule has 1 aliphatic rings. The van der Waals surface area contributed by atoms with Crippen molar-refractivity contribution in [2.75, 3.05) is 26.6 Å². The number of hydrogen-bond donors (Lipinski definition) is 0. The minimum atomic E-state index is -3.85. The maximum Gasteiger partial charge on any atom is 0.303 e. The van der Waals surface area contributed by atoms with Gasteiger partial charge >= 0.3 is 5.97 Å². The summed E-state index contributed by atoms with van der Waals surface area (Å²) >= 11 is 0. The number of ether oxygens (including phenoxy) is 3. The predicted molar refractivity (Wildman–Crippen MR) is 144 cm³/mol. The molecule has 0 bridgehead atoms. The lowest BCUT2D eigenvalue weighted by Gasteiger charge is -2.46. The second-order valence-corrected chi connectivity index (χ2v) is 16.4. The summed E-state index contributed by atoms with van der Waals surface area (Å²) in [5.74, 6) is -0.490. The lowest BCUT2D eigenvalue weighted by molar-refractivity contribution is -0.162. The van der Waals surface area contributed by atoms with Crippen molar-refractivity contribution in [2.24, 2.45) is 0 Å². The Balaban J connectivity index is 2.16. The van der Waals surface area contributed by atoms with Crippen LogP contribution in [0.25, 0.3) is 0 Å². The molecule has 0 amide bonds. The Morgan fingerprint density at radius 1 is 1.08 bits per heavy atom. The van der Waals surface area contributed by atoms with E-state index < -0.39 is 48.3 Å². The number of esters is 1. The maximum absolute atomic E-state index is 12.2. The molecule has 0 aromatic heterocycles. The first-order chi connectivity index (χ1) is 17.3. The molecule has 0 spiro atoms. The monoisotopic (exact) mass is 550 g/mol. The van der Waals surface area contributed by atoms with Crippen LogP contribution in [0.5, 0.6) is 0 Å². The third-order valence-corrected chi connectivity index (χ3v) is 12.5. The Morgan fingerprint density at radius 3 is 2.00 bits per heavy atom. The van der Waals surface area contributed by atoms with Gasteiger partial charge in [0.1, 0.15) is 17.8 Å². The molecule has 1 saturated heterocycles. The molecule has 0 unspecified atom stereocenters. The van der Waals surface area contributed by atoms with E-state index in [1.807, 2.05) is 36.4 Å². The molecule has 2 aromatic rings. The highest BCUT2D eigenvalue weighted by Gasteiger charge is 2.60. The van der Waals surface area contributed by atoms with Crippen LogP contribution in [0.15, 0.2) is 60.7 Å². The first-order valence-electron chi connectivity index (χ1n) is 12.2. The van der Waals surface area contributed by atoms with E-state index in [-0.39, 0.29) is 18.3 Å². The third kappa shape index (κ3) is 6.16. The summed E-state index contributed by atoms with van der Waals surface area (Å²) in [6.07, 6.45) is -1.59. The van der Waals surface area contributed by atoms with E-state index in [9.17, 15) is 13.2 Å². The molecule has 204 valence electrons. The lowest BCUT2D eigenvalue weighted by Crippen LogP contribution is -2.69. The fraction of sp³-hybridized carbons (Fsp3) is 0.519. The van der Waals surface area contributed by atoms with Crippen LogP contribution in [0, 0.1) is 0 Å². The van der Waals surface area contributed by atoms with Crippen LogP contribution in [-0.4, -0.2) is 73.2 Å². The molecular formula is C27H38O8SSi. The highest BCUT2D eigenvalue weighted by Crippen LogP contribution is 2.41. The van der Waals surface area contributed by atoms with Gasteiger partial charge in [-0.15, -0.1) is 0 Å². The van der Waals surface area contributed by atoms with Crippen LogP contribution >= 0.6 is 0 Å². The van der Waals surface area contributed by atoms with Gasteiger partial charge in [-0.1, -0.05) is 81.4 Å². The molecule has 1 fully saturated rings. The zero-order valence-corrected chi connectivity index (χ0v) is 24.4. The van der Waals surface area contributed by atoms with Crippen molar-refractivity contribution in [3.63, 3.8) is 0 Å². The largest absolute Gasteiger partial charge is 0.457 e. The van der Waals surface area contributed by atoms with E-state index in [2.05, 4.69) is 45.0 Å². The highest BCUT2D eigenvalue weighted by molar-refractivity contribution is 7.86. The summed E-state index contributed by atoms with van der Waals surface area (Å²) in [4.78, 5) is 11.8. The number of carbonyl (C=O) groups is 1. The SMILES string of the molecule is CO[C@H]1[C@@H](OC(C)=O)CO[C@@]1(CO[Si](c1ccccc1)(c1ccccc1)C(C)(C)C)[C@H](C)OS(C)(=O)=O. The first kappa shape index (κ1) is 29.5. The molecule has 1 aliphatic heterocycles. The fourth-order valence-corrected chi connectivity index (χ4v) is 10.6. The Hall–Kier alpha value is -2.08. The zero-order valence-electron chi connectivity index (χ0n) is 22.6. The van der Waals surface area contributed by atoms with E-state index >= 15 is 0 Å². The molecule has 2 aromatic carbocycles. The summed E-state index contributed by atoms with van der Waals surface area (Å²) in [6, 6.07) is 20.1. The number of methoxy groups -OCH3 is 1. The molecule has 0 aliphatic carbocycles. The van der Waals surface area contributed by atoms with Gasteiger partial charge in [-0.2, -0.15) is 8.42 Å². The van der Waals surface area contributed by atoms with Gasteiger partial charge in [0.25, 0.3) is 18.4 Å². The molecule has 10 heteroatoms. The van der Waals surface area contributed by atoms with Gasteiger partial charge in [-0.25, -0.2) is 0 Å². The maximum atomic E-state index is 12.2. The lowest BCUT2D eigenvalue weighted by atomic mass is 9.91. The summed E-state index contributed by atoms with van der Waals surface area (Å²) in [5.41, 5.74) is -1.37. The quantitative estimate of drug-likeness (QED) is 0.253. The van der Waals surface area contributed by atoms with Crippen LogP contribution in [0.4, 0.5) is 0 Å². The van der Waals surface area contributed by atoms with Crippen molar-refractivity contribution in [3.05, 3.63) is 60.7 Å². The summed E-state index contributed by atoms with van der Waals surface area (Å²) in [7, 11) is -5.39. The summed E-state index contributed by atoms with van der Waals surface area (Å²) < 4.78 is 54.4. The van der Waals surface area contributed by atoms with Crippen molar-refractivity contribution < 1.29 is 36.0 Å². The van der Waals surface area contributed by atoms with Crippen LogP contribution in [-0.2, 0) is 37.7 Å². The standard InChI is InChI=1S/C27H38O8SSi/c1-20(35-36(7,29)30)27(25(31-6)24(18-32-27)34-21(2)28)19-33-37(26(3,4)5,22-14-10-8-11-15-22)23-16-12-9-13-17-23/h8-17,20,24-25H,18-19H2,1-7H3/t20-,24-,25-,27-/m0/s1. The third-order valence-electron chi connectivity index (χ3n) is 6.85. The average Bonchev–Trinajstić information content (AvgIpc) is 3.16. The van der Waals surface area contributed by atoms with Crippen molar-refractivity contribution in [1.29, 1.82) is 0 Å². The van der Waals surface area contributed by atoms with Gasteiger partial charge in [0.15, 0.2) is 6.10 Å². The van der Waals surface area contributed by atoms with Gasteiger partial charge in [0, 0.05) is 14.0 Å². The molecule has 0 radical (unpaired) electrons. The van der Waals surface area contributed by atoms with Gasteiger partial charge < -0.3 is 18.6 Å². The number of carbonyl (C=O) groups excluding carboxylic acids is 1. The number of rotatable bonds is 10. The van der Waals surface area contributed by atoms with E-state index in [4.69, 9.17) is 22.8 Å². The zero-order chi connectivity index (χ0) is 27.5. The van der Waals surface area contributed by atoms with E-state index in [1.54, 1.807) is 6.92 Å². The highest BCUT2D eigenvalue weighted by atomic mass is 32.2. The van der Waals surface area contributed by atoms with Crippen molar-refractivity contribution in [2.45, 2.75) is 63.6 Å². The van der Waals surface area contributed by atoms with Crippen LogP contribution in [0.3, 0.4) is 0 Å². The van der Waals surface area contributed by atoms with Crippen molar-refractivity contribution in [1.82, 2.24) is 0 Å². The predicted octanol–water partition coefficient (Wildman–Crippen LogP) is 2.64. The van der Waals surface area contributed by atoms with Gasteiger partial charge in [0.05, 0.1) is 19.5 Å². The summed E-state index contributed by atoms with van der Waals surface area (Å²) in [6.45, 7) is 9.32. The topological polar surface area (TPSA) is 97.4 Å². The molecular weight excluding hydrogens is 512 g/mol. The molecule has 0 N–H and O–H groups in total. The van der Waals surface area contributed by atoms with E-state index in [0.717, 1.165) is 16.6 Å². The molecule has 1 heterocycles. The Kier molecular flexibility index (Phi) is 9.04. The normalized spacial score (nSPS) is 23.5. The van der Waals surface area contributed by atoms with Gasteiger partial charge in [0.2, 0.25) is 0 Å². The molecule has 4 atom stereocenters. The minimum absolute atomic E-state index is 0.0135. The molecule has 3 rings (SSSR count). The van der Waals surface area contributed by atoms with Crippen molar-refractivity contribution in [3.8, 4) is 0 Å². The Morgan fingerprint density at radius 2 is 1.59 bits per heavy atom. The fourth-order valence-electron chi connectivity index (χ4n) is 5.30. The van der Waals surface area contributed by atoms with Gasteiger partial charge in [-0.3, -0.25) is 8.98 Å². The number of hydrogen-bond acceptors (Lipinski definition) is 8. The number of benzene rings is 2. The van der Waals surface area contributed by atoms with Crippen LogP contribution < -0.4 is 10.4 Å². The summed E-state index contributed by atoms with van der Waals surface area (Å²) in [5, 5.41) is 1.79. The first-order valence-corrected chi connectivity index (χ1v) is 16.0. The second-order valence-electron chi connectivity index (χ2n) is 10.5. The van der Waals surface area contributed by atoms with Gasteiger partial charge in [-0.05, 0) is 22.3 Å². The average molecular weight is 551 g/mol. The van der Waals surface area contributed by atoms with Crippen LogP contribution in [0.1, 0.15) is 34.6 Å². The van der Waals surface area contributed by atoms with E-state index in [0.29, 0.717) is 0 Å².